The van der Waals surface area contributed by atoms with Crippen molar-refractivity contribution in [3.05, 3.63) is 74.7 Å². The Hall–Kier alpha value is -1.91. The number of nitrogens with one attached hydrogen (secondary N) is 1. The Labute approximate surface area is 141 Å². The first-order valence-corrected chi connectivity index (χ1v) is 7.88. The molecule has 1 aliphatic rings. The fourth-order valence-electron chi connectivity index (χ4n) is 2.18. The Bertz CT molecular complexity index is 764. The minimum atomic E-state index is -0.171. The number of benzene rings is 2. The van der Waals surface area contributed by atoms with Crippen LogP contribution in [-0.2, 0) is 4.79 Å². The first-order chi connectivity index (χ1) is 10.6. The Morgan fingerprint density at radius 1 is 1.09 bits per heavy atom. The van der Waals surface area contributed by atoms with E-state index in [4.69, 9.17) is 11.6 Å². The zero-order valence-electron chi connectivity index (χ0n) is 11.5. The van der Waals surface area contributed by atoms with E-state index in [9.17, 15) is 4.79 Å². The highest BCUT2D eigenvalue weighted by molar-refractivity contribution is 9.10. The van der Waals surface area contributed by atoms with Crippen LogP contribution in [-0.4, -0.2) is 11.6 Å². The van der Waals surface area contributed by atoms with Crippen molar-refractivity contribution < 1.29 is 4.79 Å². The highest BCUT2D eigenvalue weighted by atomic mass is 79.9. The average molecular weight is 376 g/mol. The Morgan fingerprint density at radius 3 is 2.45 bits per heavy atom. The van der Waals surface area contributed by atoms with Gasteiger partial charge >= 0.3 is 0 Å². The van der Waals surface area contributed by atoms with Crippen molar-refractivity contribution in [1.82, 2.24) is 5.43 Å². The van der Waals surface area contributed by atoms with Gasteiger partial charge in [0.05, 0.1) is 5.71 Å². The van der Waals surface area contributed by atoms with Gasteiger partial charge in [0.2, 0.25) is 0 Å². The summed E-state index contributed by atoms with van der Waals surface area (Å²) in [7, 11) is 0. The van der Waals surface area contributed by atoms with Gasteiger partial charge in [0, 0.05) is 21.5 Å². The lowest BCUT2D eigenvalue weighted by Crippen LogP contribution is -2.28. The van der Waals surface area contributed by atoms with Gasteiger partial charge < -0.3 is 0 Å². The number of amides is 1. The third-order valence-electron chi connectivity index (χ3n) is 3.33. The summed E-state index contributed by atoms with van der Waals surface area (Å²) < 4.78 is 1.01. The maximum atomic E-state index is 12.0. The summed E-state index contributed by atoms with van der Waals surface area (Å²) in [6, 6.07) is 15.2. The molecule has 1 heterocycles. The van der Waals surface area contributed by atoms with E-state index in [1.165, 1.54) is 0 Å². The highest BCUT2D eigenvalue weighted by Crippen LogP contribution is 2.20. The van der Waals surface area contributed by atoms with Crippen LogP contribution in [0.4, 0.5) is 0 Å². The van der Waals surface area contributed by atoms with Crippen molar-refractivity contribution in [3.8, 4) is 0 Å². The maximum absolute atomic E-state index is 12.0. The largest absolute Gasteiger partial charge is 0.268 e. The normalized spacial score (nSPS) is 16.4. The van der Waals surface area contributed by atoms with Crippen LogP contribution < -0.4 is 5.43 Å². The molecule has 3 nitrogen and oxygen atoms in total. The Balaban J connectivity index is 1.87. The highest BCUT2D eigenvalue weighted by Gasteiger charge is 2.19. The van der Waals surface area contributed by atoms with E-state index in [0.29, 0.717) is 17.0 Å². The molecule has 5 heteroatoms. The lowest BCUT2D eigenvalue weighted by Gasteiger charge is -2.15. The fourth-order valence-corrected chi connectivity index (χ4v) is 2.57. The van der Waals surface area contributed by atoms with Crippen molar-refractivity contribution in [3.63, 3.8) is 0 Å². The van der Waals surface area contributed by atoms with Crippen molar-refractivity contribution in [1.29, 1.82) is 0 Å². The molecule has 0 spiro atoms. The van der Waals surface area contributed by atoms with E-state index >= 15 is 0 Å². The van der Waals surface area contributed by atoms with Crippen LogP contribution in [0.25, 0.3) is 6.08 Å². The summed E-state index contributed by atoms with van der Waals surface area (Å²) in [5.41, 5.74) is 6.01. The van der Waals surface area contributed by atoms with E-state index in [-0.39, 0.29) is 5.91 Å². The topological polar surface area (TPSA) is 41.5 Å². The standard InChI is InChI=1S/C17H12BrClN2O/c18-14-5-3-12(4-6-14)16-10-13(17(22)21-20-16)9-11-1-7-15(19)8-2-11/h1-9H,10H2,(H,21,22)/b13-9-. The van der Waals surface area contributed by atoms with Gasteiger partial charge in [-0.3, -0.25) is 4.79 Å². The number of rotatable bonds is 2. The van der Waals surface area contributed by atoms with Crippen LogP contribution >= 0.6 is 27.5 Å². The second-order valence-electron chi connectivity index (χ2n) is 4.90. The zero-order chi connectivity index (χ0) is 15.5. The van der Waals surface area contributed by atoms with E-state index in [1.54, 1.807) is 12.1 Å². The summed E-state index contributed by atoms with van der Waals surface area (Å²) in [6.45, 7) is 0. The number of halogens is 2. The number of hydrazone groups is 1. The first kappa shape index (κ1) is 15.0. The van der Waals surface area contributed by atoms with Crippen LogP contribution in [0.1, 0.15) is 17.5 Å². The molecule has 0 bridgehead atoms. The number of carbonyl (C=O) groups is 1. The monoisotopic (exact) mass is 374 g/mol. The molecule has 0 aliphatic carbocycles. The number of carbonyl (C=O) groups excluding carboxylic acids is 1. The SMILES string of the molecule is O=C1NN=C(c2ccc(Br)cc2)C/C1=C/c1ccc(Cl)cc1. The average Bonchev–Trinajstić information content (AvgIpc) is 2.52. The third-order valence-corrected chi connectivity index (χ3v) is 4.11. The van der Waals surface area contributed by atoms with Gasteiger partial charge in [0.1, 0.15) is 0 Å². The molecule has 1 aliphatic heterocycles. The minimum Gasteiger partial charge on any atom is -0.268 e. The molecule has 2 aromatic rings. The molecule has 0 aromatic heterocycles. The molecule has 0 saturated heterocycles. The van der Waals surface area contributed by atoms with Gasteiger partial charge in [-0.1, -0.05) is 51.8 Å². The second kappa shape index (κ2) is 6.46. The molecule has 110 valence electrons. The van der Waals surface area contributed by atoms with E-state index < -0.39 is 0 Å². The molecule has 0 saturated carbocycles. The van der Waals surface area contributed by atoms with Crippen LogP contribution in [0.15, 0.2) is 63.7 Å². The molecule has 1 N–H and O–H groups in total. The molecule has 3 rings (SSSR count). The molecular formula is C17H12BrClN2O. The quantitative estimate of drug-likeness (QED) is 0.776. The Morgan fingerprint density at radius 2 is 1.77 bits per heavy atom. The van der Waals surface area contributed by atoms with E-state index in [0.717, 1.165) is 21.3 Å². The van der Waals surface area contributed by atoms with Crippen LogP contribution in [0.5, 0.6) is 0 Å². The van der Waals surface area contributed by atoms with Crippen molar-refractivity contribution in [2.24, 2.45) is 5.10 Å². The molecule has 0 atom stereocenters. The van der Waals surface area contributed by atoms with Crippen LogP contribution in [0, 0.1) is 0 Å². The minimum absolute atomic E-state index is 0.171. The van der Waals surface area contributed by atoms with E-state index in [1.807, 2.05) is 42.5 Å². The lowest BCUT2D eigenvalue weighted by molar-refractivity contribution is -0.117. The molecule has 0 fully saturated rings. The van der Waals surface area contributed by atoms with E-state index in [2.05, 4.69) is 26.5 Å². The van der Waals surface area contributed by atoms with Gasteiger partial charge in [-0.25, -0.2) is 5.43 Å². The van der Waals surface area contributed by atoms with Gasteiger partial charge in [0.15, 0.2) is 0 Å². The second-order valence-corrected chi connectivity index (χ2v) is 6.26. The molecule has 0 radical (unpaired) electrons. The zero-order valence-corrected chi connectivity index (χ0v) is 13.9. The molecule has 2 aromatic carbocycles. The van der Waals surface area contributed by atoms with Crippen molar-refractivity contribution in [2.75, 3.05) is 0 Å². The van der Waals surface area contributed by atoms with Crippen LogP contribution in [0.2, 0.25) is 5.02 Å². The smallest absolute Gasteiger partial charge is 0.267 e. The van der Waals surface area contributed by atoms with Gasteiger partial charge in [0.25, 0.3) is 5.91 Å². The molecule has 1 amide bonds. The fraction of sp³-hybridized carbons (Fsp3) is 0.0588. The summed E-state index contributed by atoms with van der Waals surface area (Å²) in [6.07, 6.45) is 2.36. The van der Waals surface area contributed by atoms with Crippen molar-refractivity contribution >= 4 is 45.2 Å². The van der Waals surface area contributed by atoms with Gasteiger partial charge in [-0.15, -0.1) is 0 Å². The number of hydrogen-bond acceptors (Lipinski definition) is 2. The summed E-state index contributed by atoms with van der Waals surface area (Å²) in [4.78, 5) is 12.0. The van der Waals surface area contributed by atoms with Gasteiger partial charge in [-0.05, 0) is 41.5 Å². The number of nitrogens with zero attached hydrogens (tertiary/aromatic N) is 1. The van der Waals surface area contributed by atoms with Crippen molar-refractivity contribution in [2.45, 2.75) is 6.42 Å². The molecular weight excluding hydrogens is 364 g/mol. The molecule has 22 heavy (non-hydrogen) atoms. The predicted octanol–water partition coefficient (Wildman–Crippen LogP) is 4.41. The van der Waals surface area contributed by atoms with Gasteiger partial charge in [-0.2, -0.15) is 5.10 Å². The third kappa shape index (κ3) is 3.46. The maximum Gasteiger partial charge on any atom is 0.267 e. The molecule has 0 unspecified atom stereocenters. The summed E-state index contributed by atoms with van der Waals surface area (Å²) >= 11 is 9.29. The lowest BCUT2D eigenvalue weighted by atomic mass is 9.99. The first-order valence-electron chi connectivity index (χ1n) is 6.71. The Kier molecular flexibility index (Phi) is 4.41. The summed E-state index contributed by atoms with van der Waals surface area (Å²) in [5, 5.41) is 4.83. The number of hydrogen-bond donors (Lipinski definition) is 1. The predicted molar refractivity (Wildman–Crippen MR) is 92.9 cm³/mol. The summed E-state index contributed by atoms with van der Waals surface area (Å²) in [5.74, 6) is -0.171. The van der Waals surface area contributed by atoms with Crippen LogP contribution in [0.3, 0.4) is 0 Å².